The van der Waals surface area contributed by atoms with Gasteiger partial charge in [-0.15, -0.1) is 0 Å². The Hall–Kier alpha value is -3.12. The maximum absolute atomic E-state index is 11.7. The van der Waals surface area contributed by atoms with Crippen LogP contribution in [0.1, 0.15) is 24.0 Å². The standard InChI is InChI=1S/C24H28N4O2/c1-30-22-12-6-5-11-21(22)23-20(16-27-13-7-10-19(15-27)24(25)29)17-28(26-23)14-18-8-3-2-4-9-18/h2-6,8-9,11-12,17,19H,7,10,13-16H2,1H3,(H2,25,29)/t19-/m1/s1. The number of para-hydroxylation sites is 1. The molecule has 1 amide bonds. The largest absolute Gasteiger partial charge is 0.496 e. The number of nitrogens with zero attached hydrogens (tertiary/aromatic N) is 3. The van der Waals surface area contributed by atoms with Crippen molar-refractivity contribution in [2.45, 2.75) is 25.9 Å². The number of carbonyl (C=O) groups is 1. The van der Waals surface area contributed by atoms with Crippen molar-refractivity contribution in [3.8, 4) is 17.0 Å². The van der Waals surface area contributed by atoms with Gasteiger partial charge in [-0.3, -0.25) is 14.4 Å². The number of ether oxygens (including phenoxy) is 1. The molecule has 0 radical (unpaired) electrons. The third-order valence-electron chi connectivity index (χ3n) is 5.69. The fourth-order valence-corrected chi connectivity index (χ4v) is 4.17. The number of likely N-dealkylation sites (tertiary alicyclic amines) is 1. The van der Waals surface area contributed by atoms with E-state index in [0.717, 1.165) is 48.5 Å². The van der Waals surface area contributed by atoms with Gasteiger partial charge in [0.15, 0.2) is 0 Å². The molecule has 4 rings (SSSR count). The van der Waals surface area contributed by atoms with E-state index >= 15 is 0 Å². The third kappa shape index (κ3) is 4.54. The second-order valence-corrected chi connectivity index (χ2v) is 7.86. The Morgan fingerprint density at radius 1 is 1.13 bits per heavy atom. The highest BCUT2D eigenvalue weighted by molar-refractivity contribution is 5.77. The molecule has 0 aliphatic carbocycles. The number of carbonyl (C=O) groups excluding carboxylic acids is 1. The molecule has 1 fully saturated rings. The molecule has 1 saturated heterocycles. The van der Waals surface area contributed by atoms with Gasteiger partial charge in [-0.2, -0.15) is 5.10 Å². The minimum Gasteiger partial charge on any atom is -0.496 e. The Morgan fingerprint density at radius 2 is 1.90 bits per heavy atom. The van der Waals surface area contributed by atoms with Crippen LogP contribution in [-0.2, 0) is 17.9 Å². The molecule has 0 spiro atoms. The van der Waals surface area contributed by atoms with Crippen LogP contribution in [0.25, 0.3) is 11.3 Å². The number of aromatic nitrogens is 2. The molecule has 1 aliphatic heterocycles. The van der Waals surface area contributed by atoms with Crippen LogP contribution in [0.5, 0.6) is 5.75 Å². The van der Waals surface area contributed by atoms with E-state index in [0.29, 0.717) is 13.1 Å². The van der Waals surface area contributed by atoms with Crippen molar-refractivity contribution in [2.24, 2.45) is 11.7 Å². The highest BCUT2D eigenvalue weighted by Crippen LogP contribution is 2.32. The number of benzene rings is 2. The van der Waals surface area contributed by atoms with Crippen molar-refractivity contribution in [3.05, 3.63) is 71.9 Å². The van der Waals surface area contributed by atoms with Gasteiger partial charge in [-0.05, 0) is 37.1 Å². The first-order valence-corrected chi connectivity index (χ1v) is 10.4. The summed E-state index contributed by atoms with van der Waals surface area (Å²) >= 11 is 0. The molecule has 3 aromatic rings. The Kier molecular flexibility index (Phi) is 6.14. The zero-order chi connectivity index (χ0) is 20.9. The van der Waals surface area contributed by atoms with Crippen LogP contribution in [0, 0.1) is 5.92 Å². The Bertz CT molecular complexity index is 999. The average molecular weight is 405 g/mol. The number of piperidine rings is 1. The normalized spacial score (nSPS) is 17.0. The highest BCUT2D eigenvalue weighted by Gasteiger charge is 2.25. The van der Waals surface area contributed by atoms with E-state index in [9.17, 15) is 4.79 Å². The van der Waals surface area contributed by atoms with Gasteiger partial charge in [0, 0.05) is 30.4 Å². The van der Waals surface area contributed by atoms with Crippen molar-refractivity contribution < 1.29 is 9.53 Å². The minimum atomic E-state index is -0.204. The summed E-state index contributed by atoms with van der Waals surface area (Å²) in [4.78, 5) is 14.0. The van der Waals surface area contributed by atoms with Gasteiger partial charge in [0.1, 0.15) is 11.4 Å². The fourth-order valence-electron chi connectivity index (χ4n) is 4.17. The number of methoxy groups -OCH3 is 1. The van der Waals surface area contributed by atoms with Crippen molar-refractivity contribution in [3.63, 3.8) is 0 Å². The van der Waals surface area contributed by atoms with Crippen LogP contribution >= 0.6 is 0 Å². The fraction of sp³-hybridized carbons (Fsp3) is 0.333. The molecule has 0 bridgehead atoms. The lowest BCUT2D eigenvalue weighted by Crippen LogP contribution is -2.40. The summed E-state index contributed by atoms with van der Waals surface area (Å²) < 4.78 is 7.58. The summed E-state index contributed by atoms with van der Waals surface area (Å²) in [7, 11) is 1.68. The summed E-state index contributed by atoms with van der Waals surface area (Å²) in [5.41, 5.74) is 9.80. The molecule has 0 saturated carbocycles. The second kappa shape index (κ2) is 9.13. The molecule has 2 N–H and O–H groups in total. The van der Waals surface area contributed by atoms with Crippen molar-refractivity contribution in [1.82, 2.24) is 14.7 Å². The molecule has 2 aromatic carbocycles. The number of hydrogen-bond donors (Lipinski definition) is 1. The lowest BCUT2D eigenvalue weighted by atomic mass is 9.97. The molecule has 1 atom stereocenters. The predicted molar refractivity (Wildman–Crippen MR) is 117 cm³/mol. The van der Waals surface area contributed by atoms with Gasteiger partial charge in [-0.25, -0.2) is 0 Å². The van der Waals surface area contributed by atoms with Gasteiger partial charge in [-0.1, -0.05) is 42.5 Å². The maximum Gasteiger partial charge on any atom is 0.221 e. The van der Waals surface area contributed by atoms with Crippen LogP contribution in [-0.4, -0.2) is 40.8 Å². The van der Waals surface area contributed by atoms with E-state index in [4.69, 9.17) is 15.6 Å². The zero-order valence-corrected chi connectivity index (χ0v) is 17.3. The van der Waals surface area contributed by atoms with Gasteiger partial charge in [0.25, 0.3) is 0 Å². The van der Waals surface area contributed by atoms with Gasteiger partial charge >= 0.3 is 0 Å². The number of hydrogen-bond acceptors (Lipinski definition) is 4. The minimum absolute atomic E-state index is 0.0761. The molecule has 6 heteroatoms. The van der Waals surface area contributed by atoms with E-state index < -0.39 is 0 Å². The Morgan fingerprint density at radius 3 is 2.67 bits per heavy atom. The molecular formula is C24H28N4O2. The van der Waals surface area contributed by atoms with E-state index in [-0.39, 0.29) is 11.8 Å². The highest BCUT2D eigenvalue weighted by atomic mass is 16.5. The summed E-state index contributed by atoms with van der Waals surface area (Å²) in [6.45, 7) is 3.09. The van der Waals surface area contributed by atoms with Crippen LogP contribution in [0.2, 0.25) is 0 Å². The third-order valence-corrected chi connectivity index (χ3v) is 5.69. The topological polar surface area (TPSA) is 73.4 Å². The predicted octanol–water partition coefficient (Wildman–Crippen LogP) is 3.30. The van der Waals surface area contributed by atoms with Crippen LogP contribution in [0.4, 0.5) is 0 Å². The molecule has 1 aliphatic rings. The zero-order valence-electron chi connectivity index (χ0n) is 17.3. The Balaban J connectivity index is 1.66. The number of rotatable bonds is 7. The van der Waals surface area contributed by atoms with Crippen LogP contribution in [0.3, 0.4) is 0 Å². The molecule has 6 nitrogen and oxygen atoms in total. The number of primary amides is 1. The SMILES string of the molecule is COc1ccccc1-c1nn(Cc2ccccc2)cc1CN1CCC[C@@H](C(N)=O)C1. The quantitative estimate of drug-likeness (QED) is 0.656. The Labute approximate surface area is 177 Å². The van der Waals surface area contributed by atoms with Crippen LogP contribution < -0.4 is 10.5 Å². The van der Waals surface area contributed by atoms with Crippen LogP contribution in [0.15, 0.2) is 60.8 Å². The molecule has 0 unspecified atom stereocenters. The number of nitrogens with two attached hydrogens (primary N) is 1. The van der Waals surface area contributed by atoms with E-state index in [1.54, 1.807) is 7.11 Å². The first-order valence-electron chi connectivity index (χ1n) is 10.4. The molecule has 156 valence electrons. The summed E-state index contributed by atoms with van der Waals surface area (Å²) in [6, 6.07) is 18.3. The first-order chi connectivity index (χ1) is 14.6. The van der Waals surface area contributed by atoms with Gasteiger partial charge in [0.05, 0.1) is 19.6 Å². The average Bonchev–Trinajstić information content (AvgIpc) is 3.16. The first kappa shape index (κ1) is 20.2. The van der Waals surface area contributed by atoms with Crippen molar-refractivity contribution in [2.75, 3.05) is 20.2 Å². The lowest BCUT2D eigenvalue weighted by Gasteiger charge is -2.31. The summed E-state index contributed by atoms with van der Waals surface area (Å²) in [5.74, 6) is 0.523. The van der Waals surface area contributed by atoms with E-state index in [1.165, 1.54) is 5.56 Å². The summed E-state index contributed by atoms with van der Waals surface area (Å²) in [6.07, 6.45) is 3.97. The number of amides is 1. The second-order valence-electron chi connectivity index (χ2n) is 7.86. The molecule has 1 aromatic heterocycles. The smallest absolute Gasteiger partial charge is 0.221 e. The van der Waals surface area contributed by atoms with Crippen molar-refractivity contribution >= 4 is 5.91 Å². The van der Waals surface area contributed by atoms with E-state index in [2.05, 4.69) is 23.2 Å². The van der Waals surface area contributed by atoms with E-state index in [1.807, 2.05) is 47.1 Å². The molecular weight excluding hydrogens is 376 g/mol. The van der Waals surface area contributed by atoms with Gasteiger partial charge in [0.2, 0.25) is 5.91 Å². The molecule has 2 heterocycles. The maximum atomic E-state index is 11.7. The summed E-state index contributed by atoms with van der Waals surface area (Å²) in [5, 5.41) is 4.92. The monoisotopic (exact) mass is 404 g/mol. The molecule has 30 heavy (non-hydrogen) atoms. The van der Waals surface area contributed by atoms with Crippen molar-refractivity contribution in [1.29, 1.82) is 0 Å². The van der Waals surface area contributed by atoms with Gasteiger partial charge < -0.3 is 10.5 Å². The lowest BCUT2D eigenvalue weighted by molar-refractivity contribution is -0.123.